The van der Waals surface area contributed by atoms with Gasteiger partial charge in [0.2, 0.25) is 0 Å². The minimum Gasteiger partial charge on any atom is -0.378 e. The molecule has 2 aliphatic rings. The number of carbonyl (C=O) groups is 1. The van der Waals surface area contributed by atoms with Crippen molar-refractivity contribution in [1.82, 2.24) is 19.8 Å². The van der Waals surface area contributed by atoms with E-state index in [1.54, 1.807) is 11.8 Å². The highest BCUT2D eigenvalue weighted by molar-refractivity contribution is 7.98. The molecule has 2 saturated heterocycles. The molecule has 0 radical (unpaired) electrons. The van der Waals surface area contributed by atoms with Gasteiger partial charge < -0.3 is 19.4 Å². The van der Waals surface area contributed by atoms with Crippen LogP contribution in [0, 0.1) is 0 Å². The monoisotopic (exact) mass is 351 g/mol. The van der Waals surface area contributed by atoms with Crippen molar-refractivity contribution in [1.29, 1.82) is 0 Å². The fourth-order valence-electron chi connectivity index (χ4n) is 3.22. The van der Waals surface area contributed by atoms with E-state index in [0.29, 0.717) is 32.3 Å². The lowest BCUT2D eigenvalue weighted by molar-refractivity contribution is 0.0409. The van der Waals surface area contributed by atoms with Crippen molar-refractivity contribution in [2.45, 2.75) is 24.0 Å². The maximum atomic E-state index is 12.6. The third-order valence-electron chi connectivity index (χ3n) is 4.72. The van der Waals surface area contributed by atoms with Gasteiger partial charge in [-0.1, -0.05) is 11.8 Å². The lowest BCUT2D eigenvalue weighted by atomic mass is 10.0. The summed E-state index contributed by atoms with van der Waals surface area (Å²) < 4.78 is 5.32. The van der Waals surface area contributed by atoms with Crippen molar-refractivity contribution in [3.05, 3.63) is 12.3 Å². The smallest absolute Gasteiger partial charge is 0.320 e. The second-order valence-electron chi connectivity index (χ2n) is 6.11. The molecule has 1 aromatic rings. The van der Waals surface area contributed by atoms with Gasteiger partial charge in [0.1, 0.15) is 5.82 Å². The third-order valence-corrected chi connectivity index (χ3v) is 5.28. The molecule has 0 spiro atoms. The summed E-state index contributed by atoms with van der Waals surface area (Å²) in [7, 11) is 1.93. The quantitative estimate of drug-likeness (QED) is 0.608. The fourth-order valence-corrected chi connectivity index (χ4v) is 3.57. The standard InChI is InChI=1S/C16H25N5O2S/c1-19(16(22)21-9-11-23-12-10-21)13-4-7-20(8-5-13)14-3-6-17-15(18-14)24-2/h3,6,13H,4-5,7-12H2,1-2H3. The van der Waals surface area contributed by atoms with E-state index in [1.807, 2.05) is 35.4 Å². The Labute approximate surface area is 147 Å². The second-order valence-corrected chi connectivity index (χ2v) is 6.89. The van der Waals surface area contributed by atoms with Crippen molar-refractivity contribution in [2.75, 3.05) is 57.6 Å². The van der Waals surface area contributed by atoms with E-state index in [9.17, 15) is 4.79 Å². The van der Waals surface area contributed by atoms with Gasteiger partial charge in [-0.25, -0.2) is 14.8 Å². The molecule has 132 valence electrons. The zero-order chi connectivity index (χ0) is 16.9. The van der Waals surface area contributed by atoms with Crippen LogP contribution in [-0.4, -0.2) is 84.5 Å². The van der Waals surface area contributed by atoms with Crippen LogP contribution in [0.3, 0.4) is 0 Å². The average molecular weight is 351 g/mol. The van der Waals surface area contributed by atoms with Crippen LogP contribution in [0.2, 0.25) is 0 Å². The predicted octanol–water partition coefficient (Wildman–Crippen LogP) is 1.55. The zero-order valence-electron chi connectivity index (χ0n) is 14.3. The number of nitrogens with zero attached hydrogens (tertiary/aromatic N) is 5. The number of urea groups is 1. The van der Waals surface area contributed by atoms with Crippen LogP contribution in [0.4, 0.5) is 10.6 Å². The number of thioether (sulfide) groups is 1. The first-order chi connectivity index (χ1) is 11.7. The highest BCUT2D eigenvalue weighted by Crippen LogP contribution is 2.22. The first kappa shape index (κ1) is 17.3. The molecule has 0 atom stereocenters. The van der Waals surface area contributed by atoms with Crippen LogP contribution in [0.1, 0.15) is 12.8 Å². The van der Waals surface area contributed by atoms with Crippen molar-refractivity contribution in [3.63, 3.8) is 0 Å². The summed E-state index contributed by atoms with van der Waals surface area (Å²) in [6.07, 6.45) is 5.72. The zero-order valence-corrected chi connectivity index (χ0v) is 15.2. The lowest BCUT2D eigenvalue weighted by Crippen LogP contribution is -2.52. The molecule has 24 heavy (non-hydrogen) atoms. The molecule has 0 unspecified atom stereocenters. The molecule has 0 saturated carbocycles. The maximum Gasteiger partial charge on any atom is 0.320 e. The minimum atomic E-state index is 0.128. The van der Waals surface area contributed by atoms with E-state index in [2.05, 4.69) is 14.9 Å². The molecule has 8 heteroatoms. The predicted molar refractivity (Wildman–Crippen MR) is 94.6 cm³/mol. The highest BCUT2D eigenvalue weighted by atomic mass is 32.2. The van der Waals surface area contributed by atoms with Crippen LogP contribution >= 0.6 is 11.8 Å². The molecule has 3 heterocycles. The van der Waals surface area contributed by atoms with E-state index < -0.39 is 0 Å². The van der Waals surface area contributed by atoms with Gasteiger partial charge in [-0.15, -0.1) is 0 Å². The van der Waals surface area contributed by atoms with E-state index in [0.717, 1.165) is 36.9 Å². The first-order valence-corrected chi connectivity index (χ1v) is 9.63. The van der Waals surface area contributed by atoms with Gasteiger partial charge in [-0.2, -0.15) is 0 Å². The molecule has 2 fully saturated rings. The summed E-state index contributed by atoms with van der Waals surface area (Å²) in [6, 6.07) is 2.38. The van der Waals surface area contributed by atoms with Crippen LogP contribution in [0.15, 0.2) is 17.4 Å². The van der Waals surface area contributed by atoms with Gasteiger partial charge in [-0.3, -0.25) is 0 Å². The van der Waals surface area contributed by atoms with Gasteiger partial charge in [-0.05, 0) is 25.2 Å². The van der Waals surface area contributed by atoms with Gasteiger partial charge >= 0.3 is 6.03 Å². The van der Waals surface area contributed by atoms with Crippen molar-refractivity contribution >= 4 is 23.6 Å². The third kappa shape index (κ3) is 3.92. The number of ether oxygens (including phenoxy) is 1. The molecule has 1 aromatic heterocycles. The van der Waals surface area contributed by atoms with Crippen molar-refractivity contribution in [3.8, 4) is 0 Å². The van der Waals surface area contributed by atoms with Crippen molar-refractivity contribution < 1.29 is 9.53 Å². The van der Waals surface area contributed by atoms with E-state index >= 15 is 0 Å². The Hall–Kier alpha value is -1.54. The summed E-state index contributed by atoms with van der Waals surface area (Å²) in [5.74, 6) is 0.981. The number of carbonyl (C=O) groups excluding carboxylic acids is 1. The minimum absolute atomic E-state index is 0.128. The number of aromatic nitrogens is 2. The summed E-state index contributed by atoms with van der Waals surface area (Å²) in [5, 5.41) is 0.800. The number of anilines is 1. The molecule has 2 aliphatic heterocycles. The van der Waals surface area contributed by atoms with E-state index in [4.69, 9.17) is 4.74 Å². The number of morpholine rings is 1. The Bertz CT molecular complexity index is 559. The molecular formula is C16H25N5O2S. The number of amides is 2. The Balaban J connectivity index is 1.55. The van der Waals surface area contributed by atoms with Gasteiger partial charge in [0.05, 0.1) is 13.2 Å². The largest absolute Gasteiger partial charge is 0.378 e. The molecule has 3 rings (SSSR count). The summed E-state index contributed by atoms with van der Waals surface area (Å²) >= 11 is 1.55. The Morgan fingerprint density at radius 2 is 2.00 bits per heavy atom. The van der Waals surface area contributed by atoms with Crippen LogP contribution < -0.4 is 4.90 Å². The molecule has 0 bridgehead atoms. The topological polar surface area (TPSA) is 61.8 Å². The molecular weight excluding hydrogens is 326 g/mol. The highest BCUT2D eigenvalue weighted by Gasteiger charge is 2.29. The number of hydrogen-bond donors (Lipinski definition) is 0. The van der Waals surface area contributed by atoms with E-state index in [1.165, 1.54) is 0 Å². The fraction of sp³-hybridized carbons (Fsp3) is 0.688. The maximum absolute atomic E-state index is 12.6. The van der Waals surface area contributed by atoms with E-state index in [-0.39, 0.29) is 6.03 Å². The van der Waals surface area contributed by atoms with Crippen LogP contribution in [-0.2, 0) is 4.74 Å². The van der Waals surface area contributed by atoms with Gasteiger partial charge in [0, 0.05) is 45.5 Å². The lowest BCUT2D eigenvalue weighted by Gasteiger charge is -2.39. The second kappa shape index (κ2) is 8.02. The van der Waals surface area contributed by atoms with Crippen LogP contribution in [0.5, 0.6) is 0 Å². The molecule has 0 aliphatic carbocycles. The average Bonchev–Trinajstić information content (AvgIpc) is 2.67. The Kier molecular flexibility index (Phi) is 5.78. The number of piperidine rings is 1. The summed E-state index contributed by atoms with van der Waals surface area (Å²) in [4.78, 5) is 27.5. The molecule has 7 nitrogen and oxygen atoms in total. The summed E-state index contributed by atoms with van der Waals surface area (Å²) in [5.41, 5.74) is 0. The number of hydrogen-bond acceptors (Lipinski definition) is 6. The van der Waals surface area contributed by atoms with Crippen molar-refractivity contribution in [2.24, 2.45) is 0 Å². The number of rotatable bonds is 3. The molecule has 2 amide bonds. The first-order valence-electron chi connectivity index (χ1n) is 8.40. The molecule has 0 aromatic carbocycles. The molecule has 0 N–H and O–H groups in total. The van der Waals surface area contributed by atoms with Gasteiger partial charge in [0.25, 0.3) is 0 Å². The SMILES string of the molecule is CSc1nccc(N2CCC(N(C)C(=O)N3CCOCC3)CC2)n1. The Morgan fingerprint density at radius 3 is 2.67 bits per heavy atom. The van der Waals surface area contributed by atoms with Crippen LogP contribution in [0.25, 0.3) is 0 Å². The van der Waals surface area contributed by atoms with Gasteiger partial charge in [0.15, 0.2) is 5.16 Å². The Morgan fingerprint density at radius 1 is 1.29 bits per heavy atom. The normalized spacial score (nSPS) is 19.4. The summed E-state index contributed by atoms with van der Waals surface area (Å²) in [6.45, 7) is 4.50.